The van der Waals surface area contributed by atoms with Crippen LogP contribution in [0, 0.1) is 23.7 Å². The monoisotopic (exact) mass is 1350 g/mol. The van der Waals surface area contributed by atoms with Crippen LogP contribution in [-0.4, -0.2) is 96.7 Å². The molecule has 0 aliphatic carbocycles. The second-order valence-electron chi connectivity index (χ2n) is 28.2. The Morgan fingerprint density at radius 3 is 0.674 bits per heavy atom. The summed E-state index contributed by atoms with van der Waals surface area (Å²) in [5, 5.41) is 10.6. The Kier molecular flexibility index (Phi) is 61.3. The number of esters is 4. The standard InChI is InChI=1S/C73H142O17P2/c1-63(2)49-41-33-25-20-16-12-10-9-11-13-18-22-28-37-45-53-70(75)83-59-68(89-72(77)55-47-39-29-23-19-15-14-17-21-26-34-42-50-64(3)4)61-87-91(79,80)85-57-67(74)58-86-92(81,82)88-62-69(60-84-71(76)54-46-38-32-31-36-44-52-66(7)8)90-73(78)56-48-40-30-24-27-35-43-51-65(5)6/h63-69,74H,9-62H2,1-8H3,(H,79,80)(H,81,82)/t67-,68-,69-/m1/s1. The van der Waals surface area contributed by atoms with Crippen molar-refractivity contribution in [3.63, 3.8) is 0 Å². The maximum Gasteiger partial charge on any atom is 0.472 e. The normalized spacial score (nSPS) is 14.2. The Hall–Kier alpha value is -1.94. The van der Waals surface area contributed by atoms with Gasteiger partial charge in [0, 0.05) is 25.7 Å². The highest BCUT2D eigenvalue weighted by molar-refractivity contribution is 7.47. The van der Waals surface area contributed by atoms with Gasteiger partial charge in [0.1, 0.15) is 19.3 Å². The number of aliphatic hydroxyl groups is 1. The van der Waals surface area contributed by atoms with Crippen LogP contribution in [0.5, 0.6) is 0 Å². The summed E-state index contributed by atoms with van der Waals surface area (Å²) in [6.45, 7) is 14.1. The molecule has 0 spiro atoms. The van der Waals surface area contributed by atoms with Gasteiger partial charge in [-0.05, 0) is 49.4 Å². The van der Waals surface area contributed by atoms with Crippen LogP contribution in [0.15, 0.2) is 0 Å². The number of phosphoric ester groups is 2. The molecule has 0 radical (unpaired) electrons. The van der Waals surface area contributed by atoms with Gasteiger partial charge in [-0.3, -0.25) is 37.3 Å². The fourth-order valence-electron chi connectivity index (χ4n) is 11.0. The van der Waals surface area contributed by atoms with Crippen molar-refractivity contribution in [2.24, 2.45) is 23.7 Å². The van der Waals surface area contributed by atoms with Gasteiger partial charge in [-0.25, -0.2) is 9.13 Å². The molecule has 17 nitrogen and oxygen atoms in total. The topological polar surface area (TPSA) is 237 Å². The molecule has 0 rings (SSSR count). The van der Waals surface area contributed by atoms with Crippen LogP contribution < -0.4 is 0 Å². The Balaban J connectivity index is 5.21. The van der Waals surface area contributed by atoms with Gasteiger partial charge in [-0.1, -0.05) is 312 Å². The van der Waals surface area contributed by atoms with Crippen LogP contribution in [0.2, 0.25) is 0 Å². The van der Waals surface area contributed by atoms with Gasteiger partial charge in [0.25, 0.3) is 0 Å². The lowest BCUT2D eigenvalue weighted by atomic mass is 10.0. The fraction of sp³-hybridized carbons (Fsp3) is 0.945. The minimum atomic E-state index is -4.96. The second-order valence-corrected chi connectivity index (χ2v) is 31.1. The zero-order valence-electron chi connectivity index (χ0n) is 60.2. The summed E-state index contributed by atoms with van der Waals surface area (Å²) in [7, 11) is -9.91. The summed E-state index contributed by atoms with van der Waals surface area (Å²) in [5.74, 6) is 0.829. The summed E-state index contributed by atoms with van der Waals surface area (Å²) in [4.78, 5) is 72.6. The number of ether oxygens (including phenoxy) is 4. The van der Waals surface area contributed by atoms with Crippen molar-refractivity contribution in [1.29, 1.82) is 0 Å². The number of hydrogen-bond acceptors (Lipinski definition) is 15. The van der Waals surface area contributed by atoms with E-state index in [0.717, 1.165) is 108 Å². The number of rotatable bonds is 70. The molecule has 0 aromatic heterocycles. The smallest absolute Gasteiger partial charge is 0.462 e. The zero-order valence-corrected chi connectivity index (χ0v) is 62.0. The van der Waals surface area contributed by atoms with Gasteiger partial charge in [0.05, 0.1) is 26.4 Å². The first kappa shape index (κ1) is 90.1. The molecule has 0 heterocycles. The van der Waals surface area contributed by atoms with E-state index in [9.17, 15) is 43.2 Å². The molecule has 0 aromatic rings. The maximum atomic E-state index is 13.1. The molecule has 0 fully saturated rings. The third-order valence-electron chi connectivity index (χ3n) is 16.8. The van der Waals surface area contributed by atoms with Crippen molar-refractivity contribution in [3.05, 3.63) is 0 Å². The fourth-order valence-corrected chi connectivity index (χ4v) is 12.6. The lowest BCUT2D eigenvalue weighted by Crippen LogP contribution is -2.30. The molecular formula is C73H142O17P2. The van der Waals surface area contributed by atoms with E-state index in [1.54, 1.807) is 0 Å². The van der Waals surface area contributed by atoms with Crippen LogP contribution in [0.1, 0.15) is 364 Å². The molecule has 5 atom stereocenters. The second kappa shape index (κ2) is 62.6. The highest BCUT2D eigenvalue weighted by Crippen LogP contribution is 2.45. The third kappa shape index (κ3) is 66.7. The molecular weight excluding hydrogens is 1210 g/mol. The van der Waals surface area contributed by atoms with Crippen LogP contribution >= 0.6 is 15.6 Å². The van der Waals surface area contributed by atoms with Crippen LogP contribution in [0.3, 0.4) is 0 Å². The van der Waals surface area contributed by atoms with Crippen LogP contribution in [-0.2, 0) is 65.4 Å². The largest absolute Gasteiger partial charge is 0.472 e. The Bertz CT molecular complexity index is 1820. The van der Waals surface area contributed by atoms with Crippen molar-refractivity contribution in [2.75, 3.05) is 39.6 Å². The Morgan fingerprint density at radius 1 is 0.272 bits per heavy atom. The van der Waals surface area contributed by atoms with Gasteiger partial charge in [0.15, 0.2) is 12.2 Å². The van der Waals surface area contributed by atoms with Crippen molar-refractivity contribution < 1.29 is 80.2 Å². The van der Waals surface area contributed by atoms with E-state index >= 15 is 0 Å². The zero-order chi connectivity index (χ0) is 68.2. The lowest BCUT2D eigenvalue weighted by Gasteiger charge is -2.21. The number of hydrogen-bond donors (Lipinski definition) is 3. The maximum absolute atomic E-state index is 13.1. The minimum Gasteiger partial charge on any atom is -0.462 e. The predicted molar refractivity (Wildman–Crippen MR) is 372 cm³/mol. The summed E-state index contributed by atoms with van der Waals surface area (Å²) >= 11 is 0. The Labute approximate surface area is 562 Å². The molecule has 3 N–H and O–H groups in total. The van der Waals surface area contributed by atoms with Gasteiger partial charge in [-0.2, -0.15) is 0 Å². The van der Waals surface area contributed by atoms with E-state index in [0.29, 0.717) is 37.5 Å². The van der Waals surface area contributed by atoms with E-state index in [2.05, 4.69) is 55.4 Å². The molecule has 0 saturated carbocycles. The molecule has 19 heteroatoms. The quantitative estimate of drug-likeness (QED) is 0.0222. The van der Waals surface area contributed by atoms with Crippen LogP contribution in [0.4, 0.5) is 0 Å². The lowest BCUT2D eigenvalue weighted by molar-refractivity contribution is -0.161. The van der Waals surface area contributed by atoms with Crippen LogP contribution in [0.25, 0.3) is 0 Å². The molecule has 2 unspecified atom stereocenters. The SMILES string of the molecule is CC(C)CCCCCCCCCCCCCCCCCC(=O)OC[C@H](COP(=O)(O)OC[C@@H](O)COP(=O)(O)OC[C@@H](COC(=O)CCCCCCCCC(C)C)OC(=O)CCCCCCCCCC(C)C)OC(=O)CCCCCCCCCCCCCCC(C)C. The highest BCUT2D eigenvalue weighted by Gasteiger charge is 2.30. The summed E-state index contributed by atoms with van der Waals surface area (Å²) in [6.07, 6.45) is 46.1. The Morgan fingerprint density at radius 2 is 0.457 bits per heavy atom. The number of unbranched alkanes of at least 4 members (excludes halogenated alkanes) is 36. The molecule has 546 valence electrons. The average Bonchev–Trinajstić information content (AvgIpc) is 2.96. The van der Waals surface area contributed by atoms with Crippen molar-refractivity contribution in [2.45, 2.75) is 382 Å². The van der Waals surface area contributed by atoms with E-state index < -0.39 is 97.5 Å². The summed E-state index contributed by atoms with van der Waals surface area (Å²) in [6, 6.07) is 0. The van der Waals surface area contributed by atoms with E-state index in [4.69, 9.17) is 37.0 Å². The molecule has 0 aliphatic rings. The summed E-state index contributed by atoms with van der Waals surface area (Å²) in [5.41, 5.74) is 0. The molecule has 0 bridgehead atoms. The molecule has 0 aliphatic heterocycles. The minimum absolute atomic E-state index is 0.102. The molecule has 0 amide bonds. The number of aliphatic hydroxyl groups excluding tert-OH is 1. The van der Waals surface area contributed by atoms with Gasteiger partial charge in [-0.15, -0.1) is 0 Å². The van der Waals surface area contributed by atoms with Crippen molar-refractivity contribution in [3.8, 4) is 0 Å². The first-order valence-electron chi connectivity index (χ1n) is 37.7. The number of carbonyl (C=O) groups excluding carboxylic acids is 4. The van der Waals surface area contributed by atoms with Gasteiger partial charge in [0.2, 0.25) is 0 Å². The third-order valence-corrected chi connectivity index (χ3v) is 18.7. The molecule has 92 heavy (non-hydrogen) atoms. The average molecular weight is 1350 g/mol. The summed E-state index contributed by atoms with van der Waals surface area (Å²) < 4.78 is 68.3. The molecule has 0 aromatic carbocycles. The predicted octanol–water partition coefficient (Wildman–Crippen LogP) is 20.9. The van der Waals surface area contributed by atoms with E-state index in [-0.39, 0.29) is 25.7 Å². The first-order chi connectivity index (χ1) is 44.1. The highest BCUT2D eigenvalue weighted by atomic mass is 31.2. The number of carbonyl (C=O) groups is 4. The van der Waals surface area contributed by atoms with E-state index in [1.165, 1.54) is 161 Å². The van der Waals surface area contributed by atoms with Crippen molar-refractivity contribution in [1.82, 2.24) is 0 Å². The molecule has 0 saturated heterocycles. The van der Waals surface area contributed by atoms with Gasteiger partial charge < -0.3 is 33.8 Å². The van der Waals surface area contributed by atoms with Crippen molar-refractivity contribution >= 4 is 39.5 Å². The van der Waals surface area contributed by atoms with Gasteiger partial charge >= 0.3 is 39.5 Å². The van der Waals surface area contributed by atoms with E-state index in [1.807, 2.05) is 0 Å². The first-order valence-corrected chi connectivity index (χ1v) is 40.7. The number of phosphoric acid groups is 2.